The van der Waals surface area contributed by atoms with Crippen LogP contribution in [-0.4, -0.2) is 31.6 Å². The number of hydrogen-bond acceptors (Lipinski definition) is 4. The molecule has 2 amide bonds. The zero-order valence-electron chi connectivity index (χ0n) is 16.6. The molecule has 1 fully saturated rings. The summed E-state index contributed by atoms with van der Waals surface area (Å²) in [5.74, 6) is 0.653. The molecule has 0 atom stereocenters. The molecule has 2 aromatic rings. The van der Waals surface area contributed by atoms with Gasteiger partial charge in [-0.3, -0.25) is 9.59 Å². The fraction of sp³-hybridized carbons (Fsp3) is 0.364. The lowest BCUT2D eigenvalue weighted by Gasteiger charge is -2.36. The number of benzene rings is 2. The molecule has 1 aliphatic rings. The Balaban J connectivity index is 1.81. The number of rotatable bonds is 6. The maximum absolute atomic E-state index is 13.3. The smallest absolute Gasteiger partial charge is 0.252 e. The summed E-state index contributed by atoms with van der Waals surface area (Å²) >= 11 is 3.37. The molecule has 0 aromatic heterocycles. The second-order valence-corrected chi connectivity index (χ2v) is 8.04. The number of halogens is 1. The van der Waals surface area contributed by atoms with E-state index in [9.17, 15) is 9.59 Å². The van der Waals surface area contributed by atoms with Gasteiger partial charge in [0.1, 0.15) is 5.54 Å². The summed E-state index contributed by atoms with van der Waals surface area (Å²) in [4.78, 5) is 26.1. The molecule has 6 nitrogen and oxygen atoms in total. The number of amides is 2. The normalized spacial score (nSPS) is 15.3. The number of carbonyl (C=O) groups is 2. The van der Waals surface area contributed by atoms with E-state index in [2.05, 4.69) is 26.6 Å². The van der Waals surface area contributed by atoms with Crippen LogP contribution in [-0.2, 0) is 4.79 Å². The lowest BCUT2D eigenvalue weighted by atomic mass is 9.80. The number of carbonyl (C=O) groups excluding carboxylic acids is 2. The van der Waals surface area contributed by atoms with E-state index >= 15 is 0 Å². The summed E-state index contributed by atoms with van der Waals surface area (Å²) in [5.41, 5.74) is 0.183. The number of ether oxygens (including phenoxy) is 2. The van der Waals surface area contributed by atoms with Gasteiger partial charge in [-0.2, -0.15) is 0 Å². The molecule has 29 heavy (non-hydrogen) atoms. The van der Waals surface area contributed by atoms with E-state index in [0.29, 0.717) is 35.6 Å². The van der Waals surface area contributed by atoms with Crippen LogP contribution in [0.2, 0.25) is 0 Å². The fourth-order valence-electron chi connectivity index (χ4n) is 3.62. The SMILES string of the molecule is COc1ccc(NC(=O)C2(NC(=O)c3ccc(Br)cc3)CCCCC2)cc1OC. The molecular weight excluding hydrogens is 436 g/mol. The van der Waals surface area contributed by atoms with Gasteiger partial charge in [-0.25, -0.2) is 0 Å². The molecule has 0 saturated heterocycles. The number of hydrogen-bond donors (Lipinski definition) is 2. The largest absolute Gasteiger partial charge is 0.493 e. The number of anilines is 1. The van der Waals surface area contributed by atoms with Crippen molar-refractivity contribution in [2.24, 2.45) is 0 Å². The predicted octanol–water partition coefficient (Wildman–Crippen LogP) is 4.54. The zero-order chi connectivity index (χ0) is 20.9. The number of nitrogens with one attached hydrogen (secondary N) is 2. The molecule has 0 aliphatic heterocycles. The average molecular weight is 461 g/mol. The molecule has 0 bridgehead atoms. The van der Waals surface area contributed by atoms with Gasteiger partial charge in [-0.05, 0) is 49.2 Å². The molecule has 0 heterocycles. The molecular formula is C22H25BrN2O4. The summed E-state index contributed by atoms with van der Waals surface area (Å²) in [6, 6.07) is 12.3. The van der Waals surface area contributed by atoms with Gasteiger partial charge in [-0.15, -0.1) is 0 Å². The van der Waals surface area contributed by atoms with Crippen molar-refractivity contribution in [3.05, 3.63) is 52.5 Å². The van der Waals surface area contributed by atoms with Crippen molar-refractivity contribution in [2.45, 2.75) is 37.6 Å². The molecule has 1 saturated carbocycles. The van der Waals surface area contributed by atoms with Gasteiger partial charge in [-0.1, -0.05) is 35.2 Å². The van der Waals surface area contributed by atoms with Gasteiger partial charge in [0, 0.05) is 21.8 Å². The maximum Gasteiger partial charge on any atom is 0.252 e. The average Bonchev–Trinajstić information content (AvgIpc) is 2.74. The van der Waals surface area contributed by atoms with Crippen molar-refractivity contribution in [1.29, 1.82) is 0 Å². The van der Waals surface area contributed by atoms with Gasteiger partial charge in [0.05, 0.1) is 14.2 Å². The summed E-state index contributed by atoms with van der Waals surface area (Å²) in [6.45, 7) is 0. The quantitative estimate of drug-likeness (QED) is 0.663. The van der Waals surface area contributed by atoms with Crippen molar-refractivity contribution in [3.63, 3.8) is 0 Å². The molecule has 1 aliphatic carbocycles. The van der Waals surface area contributed by atoms with E-state index in [1.54, 1.807) is 44.6 Å². The van der Waals surface area contributed by atoms with Crippen molar-refractivity contribution < 1.29 is 19.1 Å². The van der Waals surface area contributed by atoms with E-state index in [1.165, 1.54) is 0 Å². The van der Waals surface area contributed by atoms with Crippen molar-refractivity contribution in [2.75, 3.05) is 19.5 Å². The van der Waals surface area contributed by atoms with E-state index in [1.807, 2.05) is 12.1 Å². The minimum atomic E-state index is -0.935. The van der Waals surface area contributed by atoms with Crippen LogP contribution in [0.3, 0.4) is 0 Å². The maximum atomic E-state index is 13.3. The molecule has 154 valence electrons. The third kappa shape index (κ3) is 4.90. The van der Waals surface area contributed by atoms with Gasteiger partial charge in [0.2, 0.25) is 5.91 Å². The first-order valence-corrected chi connectivity index (χ1v) is 10.4. The minimum Gasteiger partial charge on any atom is -0.493 e. The van der Waals surface area contributed by atoms with Gasteiger partial charge >= 0.3 is 0 Å². The lowest BCUT2D eigenvalue weighted by molar-refractivity contribution is -0.123. The molecule has 0 spiro atoms. The minimum absolute atomic E-state index is 0.213. The zero-order valence-corrected chi connectivity index (χ0v) is 18.2. The van der Waals surface area contributed by atoms with Crippen LogP contribution in [0, 0.1) is 0 Å². The fourth-order valence-corrected chi connectivity index (χ4v) is 3.88. The van der Waals surface area contributed by atoms with Crippen LogP contribution < -0.4 is 20.1 Å². The van der Waals surface area contributed by atoms with Crippen LogP contribution in [0.25, 0.3) is 0 Å². The molecule has 2 N–H and O–H groups in total. The van der Waals surface area contributed by atoms with Crippen molar-refractivity contribution in [3.8, 4) is 11.5 Å². The first-order chi connectivity index (χ1) is 14.0. The van der Waals surface area contributed by atoms with Gasteiger partial charge in [0.15, 0.2) is 11.5 Å². The Hall–Kier alpha value is -2.54. The Morgan fingerprint density at radius 1 is 0.931 bits per heavy atom. The summed E-state index contributed by atoms with van der Waals surface area (Å²) in [6.07, 6.45) is 4.04. The van der Waals surface area contributed by atoms with Crippen LogP contribution in [0.4, 0.5) is 5.69 Å². The second kappa shape index (κ2) is 9.31. The standard InChI is InChI=1S/C22H25BrN2O4/c1-28-18-11-10-17(14-19(18)29-2)24-21(27)22(12-4-3-5-13-22)25-20(26)15-6-8-16(23)9-7-15/h6-11,14H,3-5,12-13H2,1-2H3,(H,24,27)(H,25,26). The first kappa shape index (κ1) is 21.2. The molecule has 7 heteroatoms. The van der Waals surface area contributed by atoms with Gasteiger partial charge < -0.3 is 20.1 Å². The Labute approximate surface area is 179 Å². The highest BCUT2D eigenvalue weighted by molar-refractivity contribution is 9.10. The highest BCUT2D eigenvalue weighted by Gasteiger charge is 2.41. The van der Waals surface area contributed by atoms with Crippen LogP contribution in [0.5, 0.6) is 11.5 Å². The number of methoxy groups -OCH3 is 2. The molecule has 0 radical (unpaired) electrons. The highest BCUT2D eigenvalue weighted by atomic mass is 79.9. The van der Waals surface area contributed by atoms with Crippen LogP contribution in [0.15, 0.2) is 46.9 Å². The van der Waals surface area contributed by atoms with Gasteiger partial charge in [0.25, 0.3) is 5.91 Å². The van der Waals surface area contributed by atoms with E-state index in [0.717, 1.165) is 23.7 Å². The topological polar surface area (TPSA) is 76.7 Å². The Bertz CT molecular complexity index is 877. The van der Waals surface area contributed by atoms with Crippen molar-refractivity contribution in [1.82, 2.24) is 5.32 Å². The molecule has 3 rings (SSSR count). The van der Waals surface area contributed by atoms with E-state index in [4.69, 9.17) is 9.47 Å². The lowest BCUT2D eigenvalue weighted by Crippen LogP contribution is -2.57. The Morgan fingerprint density at radius 2 is 1.59 bits per heavy atom. The van der Waals surface area contributed by atoms with Crippen molar-refractivity contribution >= 4 is 33.4 Å². The van der Waals surface area contributed by atoms with E-state index < -0.39 is 5.54 Å². The highest BCUT2D eigenvalue weighted by Crippen LogP contribution is 2.33. The first-order valence-electron chi connectivity index (χ1n) is 9.59. The Morgan fingerprint density at radius 3 is 2.21 bits per heavy atom. The summed E-state index contributed by atoms with van der Waals surface area (Å²) in [5, 5.41) is 5.96. The third-order valence-corrected chi connectivity index (χ3v) is 5.77. The van der Waals surface area contributed by atoms with Crippen LogP contribution >= 0.6 is 15.9 Å². The van der Waals surface area contributed by atoms with Crippen LogP contribution in [0.1, 0.15) is 42.5 Å². The van der Waals surface area contributed by atoms with E-state index in [-0.39, 0.29) is 11.8 Å². The monoisotopic (exact) mass is 460 g/mol. The molecule has 2 aromatic carbocycles. The summed E-state index contributed by atoms with van der Waals surface area (Å²) in [7, 11) is 3.11. The Kier molecular flexibility index (Phi) is 6.79. The third-order valence-electron chi connectivity index (χ3n) is 5.24. The molecule has 0 unspecified atom stereocenters. The summed E-state index contributed by atoms with van der Waals surface area (Å²) < 4.78 is 11.5. The second-order valence-electron chi connectivity index (χ2n) is 7.13. The predicted molar refractivity (Wildman–Crippen MR) is 116 cm³/mol.